The van der Waals surface area contributed by atoms with Gasteiger partial charge in [0.25, 0.3) is 0 Å². The lowest BCUT2D eigenvalue weighted by molar-refractivity contribution is -0.139. The van der Waals surface area contributed by atoms with E-state index in [4.69, 9.17) is 0 Å². The quantitative estimate of drug-likeness (QED) is 0.353. The van der Waals surface area contributed by atoms with Gasteiger partial charge in [-0.15, -0.1) is 0 Å². The predicted molar refractivity (Wildman–Crippen MR) is 133 cm³/mol. The monoisotopic (exact) mass is 505 g/mol. The van der Waals surface area contributed by atoms with E-state index in [2.05, 4.69) is 5.32 Å². The lowest BCUT2D eigenvalue weighted by Gasteiger charge is -2.31. The van der Waals surface area contributed by atoms with E-state index < -0.39 is 40.2 Å². The van der Waals surface area contributed by atoms with E-state index in [1.54, 1.807) is 12.1 Å². The highest BCUT2D eigenvalue weighted by Crippen LogP contribution is 2.21. The van der Waals surface area contributed by atoms with Crippen molar-refractivity contribution in [1.29, 1.82) is 0 Å². The van der Waals surface area contributed by atoms with Gasteiger partial charge in [-0.3, -0.25) is 18.7 Å². The van der Waals surface area contributed by atoms with Crippen LogP contribution in [0, 0.1) is 5.82 Å². The predicted octanol–water partition coefficient (Wildman–Crippen LogP) is 3.13. The molecule has 0 aliphatic carbocycles. The van der Waals surface area contributed by atoms with Crippen LogP contribution in [0.1, 0.15) is 49.5 Å². The molecule has 2 amide bonds. The molecule has 0 radical (unpaired) electrons. The zero-order chi connectivity index (χ0) is 26.2. The largest absolute Gasteiger partial charge is 0.354 e. The minimum atomic E-state index is -3.93. The van der Waals surface area contributed by atoms with Gasteiger partial charge in [0.05, 0.1) is 11.9 Å². The topological polar surface area (TPSA) is 104 Å². The number of Topliss-reactive ketones (excluding diaryl/α,β-unsaturated/α-hetero) is 1. The Hall–Kier alpha value is -3.27. The standard InChI is InChI=1S/C25H32FN3O5S/c1-5-6-14-27-25(32)18(2)28(16-21-10-7-8-13-23(21)26)24(31)17-29(35(4,33)34)22-12-9-11-20(15-22)19(3)30/h7-13,15,18H,5-6,14,16-17H2,1-4H3,(H,27,32)/t18-/m0/s1. The molecular weight excluding hydrogens is 473 g/mol. The number of unbranched alkanes of at least 4 members (excludes halogenated alkanes) is 1. The fourth-order valence-corrected chi connectivity index (χ4v) is 4.26. The first-order chi connectivity index (χ1) is 16.5. The lowest BCUT2D eigenvalue weighted by Crippen LogP contribution is -2.51. The van der Waals surface area contributed by atoms with Crippen LogP contribution < -0.4 is 9.62 Å². The normalized spacial score (nSPS) is 12.0. The SMILES string of the molecule is CCCCNC(=O)[C@H](C)N(Cc1ccccc1F)C(=O)CN(c1cccc(C(C)=O)c1)S(C)(=O)=O. The van der Waals surface area contributed by atoms with Crippen molar-refractivity contribution in [3.8, 4) is 0 Å². The number of amides is 2. The van der Waals surface area contributed by atoms with Crippen LogP contribution >= 0.6 is 0 Å². The summed E-state index contributed by atoms with van der Waals surface area (Å²) in [4.78, 5) is 39.1. The summed E-state index contributed by atoms with van der Waals surface area (Å²) >= 11 is 0. The van der Waals surface area contributed by atoms with E-state index in [9.17, 15) is 27.2 Å². The van der Waals surface area contributed by atoms with E-state index >= 15 is 0 Å². The van der Waals surface area contributed by atoms with Crippen LogP contribution in [0.2, 0.25) is 0 Å². The molecule has 2 aromatic rings. The van der Waals surface area contributed by atoms with Crippen molar-refractivity contribution >= 4 is 33.3 Å². The summed E-state index contributed by atoms with van der Waals surface area (Å²) in [5.74, 6) is -1.92. The molecule has 0 unspecified atom stereocenters. The zero-order valence-corrected chi connectivity index (χ0v) is 21.3. The zero-order valence-electron chi connectivity index (χ0n) is 20.5. The first kappa shape index (κ1) is 28.0. The Morgan fingerprint density at radius 2 is 1.77 bits per heavy atom. The van der Waals surface area contributed by atoms with E-state index in [1.165, 1.54) is 50.2 Å². The van der Waals surface area contributed by atoms with Gasteiger partial charge in [-0.05, 0) is 38.5 Å². The number of nitrogens with one attached hydrogen (secondary N) is 1. The Balaban J connectivity index is 2.40. The van der Waals surface area contributed by atoms with Gasteiger partial charge in [-0.2, -0.15) is 0 Å². The summed E-state index contributed by atoms with van der Waals surface area (Å²) in [7, 11) is -3.93. The molecule has 190 valence electrons. The van der Waals surface area contributed by atoms with Gasteiger partial charge in [0.15, 0.2) is 5.78 Å². The van der Waals surface area contributed by atoms with Crippen molar-refractivity contribution in [2.75, 3.05) is 23.7 Å². The van der Waals surface area contributed by atoms with Gasteiger partial charge in [-0.25, -0.2) is 12.8 Å². The van der Waals surface area contributed by atoms with E-state index in [-0.39, 0.29) is 29.1 Å². The number of rotatable bonds is 12. The molecule has 0 aliphatic rings. The fourth-order valence-electron chi connectivity index (χ4n) is 3.42. The minimum Gasteiger partial charge on any atom is -0.354 e. The summed E-state index contributed by atoms with van der Waals surface area (Å²) in [6, 6.07) is 10.8. The Morgan fingerprint density at radius 3 is 2.37 bits per heavy atom. The molecule has 2 aromatic carbocycles. The van der Waals surface area contributed by atoms with E-state index in [0.717, 1.165) is 28.3 Å². The molecule has 35 heavy (non-hydrogen) atoms. The molecule has 10 heteroatoms. The van der Waals surface area contributed by atoms with Crippen LogP contribution in [-0.4, -0.2) is 56.3 Å². The molecule has 0 aromatic heterocycles. The van der Waals surface area contributed by atoms with Crippen LogP contribution in [0.25, 0.3) is 0 Å². The number of sulfonamides is 1. The third-order valence-electron chi connectivity index (χ3n) is 5.52. The maximum Gasteiger partial charge on any atom is 0.244 e. The third kappa shape index (κ3) is 7.88. The highest BCUT2D eigenvalue weighted by atomic mass is 32.2. The molecule has 1 atom stereocenters. The Labute approximate surface area is 206 Å². The lowest BCUT2D eigenvalue weighted by atomic mass is 10.1. The van der Waals surface area contributed by atoms with Crippen LogP contribution in [0.4, 0.5) is 10.1 Å². The molecular formula is C25H32FN3O5S. The number of carbonyl (C=O) groups is 3. The van der Waals surface area contributed by atoms with Crippen molar-refractivity contribution in [3.63, 3.8) is 0 Å². The second-order valence-electron chi connectivity index (χ2n) is 8.31. The van der Waals surface area contributed by atoms with Crippen molar-refractivity contribution in [1.82, 2.24) is 10.2 Å². The van der Waals surface area contributed by atoms with Gasteiger partial charge >= 0.3 is 0 Å². The molecule has 1 N–H and O–H groups in total. The first-order valence-corrected chi connectivity index (χ1v) is 13.2. The van der Waals surface area contributed by atoms with Crippen molar-refractivity contribution in [2.45, 2.75) is 46.2 Å². The fraction of sp³-hybridized carbons (Fsp3) is 0.400. The van der Waals surface area contributed by atoms with E-state index in [0.29, 0.717) is 6.54 Å². The highest BCUT2D eigenvalue weighted by molar-refractivity contribution is 7.92. The molecule has 2 rings (SSSR count). The summed E-state index contributed by atoms with van der Waals surface area (Å²) < 4.78 is 40.4. The average Bonchev–Trinajstić information content (AvgIpc) is 2.80. The number of nitrogens with zero attached hydrogens (tertiary/aromatic N) is 2. The molecule has 0 saturated carbocycles. The van der Waals surface area contributed by atoms with Gasteiger partial charge < -0.3 is 10.2 Å². The smallest absolute Gasteiger partial charge is 0.244 e. The van der Waals surface area contributed by atoms with Gasteiger partial charge in [0.2, 0.25) is 21.8 Å². The van der Waals surface area contributed by atoms with Crippen molar-refractivity contribution < 1.29 is 27.2 Å². The molecule has 0 saturated heterocycles. The van der Waals surface area contributed by atoms with Gasteiger partial charge in [-0.1, -0.05) is 43.7 Å². The number of carbonyl (C=O) groups excluding carboxylic acids is 3. The maximum absolute atomic E-state index is 14.4. The molecule has 0 bridgehead atoms. The van der Waals surface area contributed by atoms with Crippen molar-refractivity contribution in [3.05, 3.63) is 65.5 Å². The summed E-state index contributed by atoms with van der Waals surface area (Å²) in [5, 5.41) is 2.76. The van der Waals surface area contributed by atoms with Crippen molar-refractivity contribution in [2.24, 2.45) is 0 Å². The first-order valence-electron chi connectivity index (χ1n) is 11.3. The second kappa shape index (κ2) is 12.4. The van der Waals surface area contributed by atoms with Crippen LogP contribution in [-0.2, 0) is 26.2 Å². The molecule has 8 nitrogen and oxygen atoms in total. The summed E-state index contributed by atoms with van der Waals surface area (Å²) in [6.07, 6.45) is 2.58. The Kier molecular flexibility index (Phi) is 9.94. The minimum absolute atomic E-state index is 0.138. The third-order valence-corrected chi connectivity index (χ3v) is 6.66. The average molecular weight is 506 g/mol. The Bertz CT molecular complexity index is 1170. The number of anilines is 1. The van der Waals surface area contributed by atoms with Crippen LogP contribution in [0.5, 0.6) is 0 Å². The van der Waals surface area contributed by atoms with Gasteiger partial charge in [0, 0.05) is 24.2 Å². The highest BCUT2D eigenvalue weighted by Gasteiger charge is 2.30. The van der Waals surface area contributed by atoms with Gasteiger partial charge in [0.1, 0.15) is 18.4 Å². The number of hydrogen-bond donors (Lipinski definition) is 1. The van der Waals surface area contributed by atoms with Crippen LogP contribution in [0.15, 0.2) is 48.5 Å². The van der Waals surface area contributed by atoms with E-state index in [1.807, 2.05) is 6.92 Å². The summed E-state index contributed by atoms with van der Waals surface area (Å²) in [6.45, 7) is 4.42. The molecule has 0 fully saturated rings. The number of benzene rings is 2. The Morgan fingerprint density at radius 1 is 1.09 bits per heavy atom. The number of ketones is 1. The number of halogens is 1. The number of hydrogen-bond acceptors (Lipinski definition) is 5. The molecule has 0 aliphatic heterocycles. The molecule has 0 heterocycles. The summed E-state index contributed by atoms with van der Waals surface area (Å²) in [5.41, 5.74) is 0.619. The second-order valence-corrected chi connectivity index (χ2v) is 10.2. The van der Waals surface area contributed by atoms with Crippen LogP contribution in [0.3, 0.4) is 0 Å². The molecule has 0 spiro atoms. The maximum atomic E-state index is 14.4.